The minimum atomic E-state index is -2.46. The van der Waals surface area contributed by atoms with E-state index in [-0.39, 0.29) is 5.56 Å². The molecule has 15 heavy (non-hydrogen) atoms. The van der Waals surface area contributed by atoms with Gasteiger partial charge in [-0.3, -0.25) is 4.98 Å². The van der Waals surface area contributed by atoms with Crippen LogP contribution in [0.4, 0.5) is 8.78 Å². The molecule has 0 amide bonds. The fourth-order valence-corrected chi connectivity index (χ4v) is 2.20. The van der Waals surface area contributed by atoms with E-state index in [9.17, 15) is 8.78 Å². The summed E-state index contributed by atoms with van der Waals surface area (Å²) in [6, 6.07) is 3.21. The molecule has 0 aliphatic rings. The van der Waals surface area contributed by atoms with Crippen LogP contribution in [0.5, 0.6) is 0 Å². The Kier molecular flexibility index (Phi) is 2.77. The highest BCUT2D eigenvalue weighted by molar-refractivity contribution is 7.08. The number of aromatic nitrogens is 1. The molecule has 4 heteroatoms. The van der Waals surface area contributed by atoms with Crippen molar-refractivity contribution in [1.82, 2.24) is 4.98 Å². The number of alkyl halides is 2. The van der Waals surface area contributed by atoms with Gasteiger partial charge in [-0.2, -0.15) is 11.3 Å². The van der Waals surface area contributed by atoms with E-state index < -0.39 is 6.43 Å². The smallest absolute Gasteiger partial charge is 0.261 e. The van der Waals surface area contributed by atoms with Crippen molar-refractivity contribution in [2.45, 2.75) is 13.3 Å². The zero-order chi connectivity index (χ0) is 10.8. The van der Waals surface area contributed by atoms with Crippen LogP contribution in [0.15, 0.2) is 29.1 Å². The Morgan fingerprint density at radius 2 is 2.13 bits per heavy atom. The van der Waals surface area contributed by atoms with E-state index >= 15 is 0 Å². The predicted molar refractivity (Wildman–Crippen MR) is 57.2 cm³/mol. The molecular weight excluding hydrogens is 216 g/mol. The molecule has 0 fully saturated rings. The number of hydrogen-bond donors (Lipinski definition) is 0. The second kappa shape index (κ2) is 4.06. The van der Waals surface area contributed by atoms with Crippen LogP contribution in [0.1, 0.15) is 17.7 Å². The standard InChI is InChI=1S/C11H9F2NS/c1-7-10(8-3-5-15-6-8)9(11(12)13)2-4-14-7/h2-6,11H,1H3. The van der Waals surface area contributed by atoms with Gasteiger partial charge in [0.05, 0.1) is 0 Å². The summed E-state index contributed by atoms with van der Waals surface area (Å²) < 4.78 is 25.6. The molecular formula is C11H9F2NS. The second-order valence-electron chi connectivity index (χ2n) is 3.17. The van der Waals surface area contributed by atoms with Gasteiger partial charge in [-0.25, -0.2) is 8.78 Å². The summed E-state index contributed by atoms with van der Waals surface area (Å²) in [5.74, 6) is 0. The summed E-state index contributed by atoms with van der Waals surface area (Å²) in [5.41, 5.74) is 2.08. The molecule has 2 rings (SSSR count). The van der Waals surface area contributed by atoms with Crippen molar-refractivity contribution < 1.29 is 8.78 Å². The molecule has 0 aromatic carbocycles. The van der Waals surface area contributed by atoms with Crippen LogP contribution in [-0.2, 0) is 0 Å². The lowest BCUT2D eigenvalue weighted by atomic mass is 10.0. The monoisotopic (exact) mass is 225 g/mol. The Morgan fingerprint density at radius 1 is 1.33 bits per heavy atom. The van der Waals surface area contributed by atoms with Crippen LogP contribution in [0.2, 0.25) is 0 Å². The van der Waals surface area contributed by atoms with Gasteiger partial charge in [-0.05, 0) is 35.4 Å². The van der Waals surface area contributed by atoms with Crippen LogP contribution in [0.3, 0.4) is 0 Å². The summed E-state index contributed by atoms with van der Waals surface area (Å²) in [7, 11) is 0. The molecule has 78 valence electrons. The highest BCUT2D eigenvalue weighted by Crippen LogP contribution is 2.33. The van der Waals surface area contributed by atoms with E-state index in [2.05, 4.69) is 4.98 Å². The maximum absolute atomic E-state index is 12.8. The summed E-state index contributed by atoms with van der Waals surface area (Å²) in [4.78, 5) is 4.05. The van der Waals surface area contributed by atoms with Gasteiger partial charge in [-0.1, -0.05) is 0 Å². The Balaban J connectivity index is 2.63. The molecule has 0 atom stereocenters. The summed E-state index contributed by atoms with van der Waals surface area (Å²) in [5, 5.41) is 3.73. The average Bonchev–Trinajstić information content (AvgIpc) is 2.70. The number of aryl methyl sites for hydroxylation is 1. The van der Waals surface area contributed by atoms with Crippen molar-refractivity contribution in [2.75, 3.05) is 0 Å². The third kappa shape index (κ3) is 1.90. The van der Waals surface area contributed by atoms with E-state index in [1.807, 2.05) is 16.8 Å². The Hall–Kier alpha value is -1.29. The first kappa shape index (κ1) is 10.2. The van der Waals surface area contributed by atoms with Crippen molar-refractivity contribution in [2.24, 2.45) is 0 Å². The lowest BCUT2D eigenvalue weighted by molar-refractivity contribution is 0.152. The van der Waals surface area contributed by atoms with E-state index in [1.165, 1.54) is 23.6 Å². The fourth-order valence-electron chi connectivity index (χ4n) is 1.55. The number of thiophene rings is 1. The predicted octanol–water partition coefficient (Wildman–Crippen LogP) is 4.06. The third-order valence-corrected chi connectivity index (χ3v) is 2.90. The highest BCUT2D eigenvalue weighted by atomic mass is 32.1. The first-order valence-corrected chi connectivity index (χ1v) is 5.40. The van der Waals surface area contributed by atoms with Crippen LogP contribution >= 0.6 is 11.3 Å². The highest BCUT2D eigenvalue weighted by Gasteiger charge is 2.16. The lowest BCUT2D eigenvalue weighted by Crippen LogP contribution is -1.94. The van der Waals surface area contributed by atoms with Crippen molar-refractivity contribution >= 4 is 11.3 Å². The number of halogens is 2. The van der Waals surface area contributed by atoms with Crippen molar-refractivity contribution in [3.63, 3.8) is 0 Å². The molecule has 2 aromatic heterocycles. The average molecular weight is 225 g/mol. The molecule has 0 aliphatic carbocycles. The first-order valence-electron chi connectivity index (χ1n) is 4.46. The van der Waals surface area contributed by atoms with Crippen LogP contribution in [-0.4, -0.2) is 4.98 Å². The number of rotatable bonds is 2. The number of hydrogen-bond acceptors (Lipinski definition) is 2. The first-order chi connectivity index (χ1) is 7.20. The zero-order valence-electron chi connectivity index (χ0n) is 8.08. The minimum Gasteiger partial charge on any atom is -0.261 e. The van der Waals surface area contributed by atoms with Gasteiger partial charge in [0.15, 0.2) is 0 Å². The third-order valence-electron chi connectivity index (χ3n) is 2.22. The minimum absolute atomic E-state index is 0.0564. The van der Waals surface area contributed by atoms with E-state index in [0.717, 1.165) is 5.56 Å². The van der Waals surface area contributed by atoms with Crippen LogP contribution in [0, 0.1) is 6.92 Å². The van der Waals surface area contributed by atoms with Crippen molar-refractivity contribution in [3.05, 3.63) is 40.3 Å². The summed E-state index contributed by atoms with van der Waals surface area (Å²) in [6.07, 6.45) is -1.03. The topological polar surface area (TPSA) is 12.9 Å². The molecule has 0 saturated heterocycles. The van der Waals surface area contributed by atoms with Crippen LogP contribution < -0.4 is 0 Å². The lowest BCUT2D eigenvalue weighted by Gasteiger charge is -2.09. The molecule has 1 nitrogen and oxygen atoms in total. The van der Waals surface area contributed by atoms with E-state index in [4.69, 9.17) is 0 Å². The normalized spacial score (nSPS) is 10.9. The fraction of sp³-hybridized carbons (Fsp3) is 0.182. The van der Waals surface area contributed by atoms with Gasteiger partial charge in [0.2, 0.25) is 0 Å². The van der Waals surface area contributed by atoms with Gasteiger partial charge in [-0.15, -0.1) is 0 Å². The number of pyridine rings is 1. The molecule has 0 bridgehead atoms. The van der Waals surface area contributed by atoms with Gasteiger partial charge in [0.25, 0.3) is 6.43 Å². The van der Waals surface area contributed by atoms with Gasteiger partial charge in [0.1, 0.15) is 0 Å². The number of nitrogens with zero attached hydrogens (tertiary/aromatic N) is 1. The molecule has 2 aromatic rings. The molecule has 0 radical (unpaired) electrons. The Bertz CT molecular complexity index is 452. The molecule has 0 saturated carbocycles. The zero-order valence-corrected chi connectivity index (χ0v) is 8.89. The Morgan fingerprint density at radius 3 is 2.73 bits per heavy atom. The van der Waals surface area contributed by atoms with Gasteiger partial charge >= 0.3 is 0 Å². The van der Waals surface area contributed by atoms with E-state index in [0.29, 0.717) is 11.3 Å². The molecule has 0 unspecified atom stereocenters. The molecule has 2 heterocycles. The molecule has 0 aliphatic heterocycles. The van der Waals surface area contributed by atoms with Crippen molar-refractivity contribution in [3.8, 4) is 11.1 Å². The van der Waals surface area contributed by atoms with Crippen LogP contribution in [0.25, 0.3) is 11.1 Å². The van der Waals surface area contributed by atoms with Gasteiger partial charge < -0.3 is 0 Å². The maximum Gasteiger partial charge on any atom is 0.264 e. The summed E-state index contributed by atoms with van der Waals surface area (Å²) in [6.45, 7) is 1.75. The molecule has 0 N–H and O–H groups in total. The second-order valence-corrected chi connectivity index (χ2v) is 3.95. The largest absolute Gasteiger partial charge is 0.264 e. The SMILES string of the molecule is Cc1nccc(C(F)F)c1-c1ccsc1. The van der Waals surface area contributed by atoms with Gasteiger partial charge in [0, 0.05) is 23.0 Å². The maximum atomic E-state index is 12.8. The summed E-state index contributed by atoms with van der Waals surface area (Å²) >= 11 is 1.49. The quantitative estimate of drug-likeness (QED) is 0.751. The Labute approximate surface area is 90.4 Å². The van der Waals surface area contributed by atoms with Crippen molar-refractivity contribution in [1.29, 1.82) is 0 Å². The van der Waals surface area contributed by atoms with E-state index in [1.54, 1.807) is 6.92 Å². The molecule has 0 spiro atoms.